The zero-order valence-electron chi connectivity index (χ0n) is 13.5. The molecule has 0 radical (unpaired) electrons. The van der Waals surface area contributed by atoms with E-state index in [2.05, 4.69) is 30.1 Å². The third kappa shape index (κ3) is 4.44. The molecular weight excluding hydrogens is 263 g/mol. The molecule has 21 heavy (non-hydrogen) atoms. The van der Waals surface area contributed by atoms with Crippen LogP contribution in [0.15, 0.2) is 18.2 Å². The number of benzene rings is 1. The molecule has 0 saturated carbocycles. The SMILES string of the molecule is CCCC1CCCN(c2c(F)cccc2CNCC)CC1. The predicted octanol–water partition coefficient (Wildman–Crippen LogP) is 4.34. The molecule has 1 aliphatic rings. The summed E-state index contributed by atoms with van der Waals surface area (Å²) in [6, 6.07) is 5.47. The fourth-order valence-electron chi connectivity index (χ4n) is 3.40. The van der Waals surface area contributed by atoms with E-state index in [9.17, 15) is 4.39 Å². The molecule has 1 saturated heterocycles. The molecule has 1 heterocycles. The van der Waals surface area contributed by atoms with E-state index in [0.29, 0.717) is 0 Å². The molecule has 2 nitrogen and oxygen atoms in total. The van der Waals surface area contributed by atoms with Gasteiger partial charge in [-0.05, 0) is 43.4 Å². The van der Waals surface area contributed by atoms with Crippen molar-refractivity contribution in [2.24, 2.45) is 5.92 Å². The summed E-state index contributed by atoms with van der Waals surface area (Å²) < 4.78 is 14.4. The lowest BCUT2D eigenvalue weighted by Gasteiger charge is -2.26. The first-order valence-electron chi connectivity index (χ1n) is 8.49. The van der Waals surface area contributed by atoms with Crippen molar-refractivity contribution in [3.05, 3.63) is 29.6 Å². The molecule has 2 rings (SSSR count). The Morgan fingerprint density at radius 3 is 2.86 bits per heavy atom. The van der Waals surface area contributed by atoms with Gasteiger partial charge in [-0.1, -0.05) is 38.8 Å². The first-order chi connectivity index (χ1) is 10.3. The predicted molar refractivity (Wildman–Crippen MR) is 88.2 cm³/mol. The van der Waals surface area contributed by atoms with Gasteiger partial charge in [0.25, 0.3) is 0 Å². The topological polar surface area (TPSA) is 15.3 Å². The highest BCUT2D eigenvalue weighted by Crippen LogP contribution is 2.29. The van der Waals surface area contributed by atoms with Crippen LogP contribution in [0, 0.1) is 11.7 Å². The lowest BCUT2D eigenvalue weighted by molar-refractivity contribution is 0.435. The van der Waals surface area contributed by atoms with Crippen LogP contribution in [0.3, 0.4) is 0 Å². The second-order valence-electron chi connectivity index (χ2n) is 6.10. The number of hydrogen-bond acceptors (Lipinski definition) is 2. The summed E-state index contributed by atoms with van der Waals surface area (Å²) >= 11 is 0. The van der Waals surface area contributed by atoms with Crippen LogP contribution in [0.5, 0.6) is 0 Å². The van der Waals surface area contributed by atoms with Crippen molar-refractivity contribution in [1.29, 1.82) is 0 Å². The molecule has 0 spiro atoms. The molecule has 0 aromatic heterocycles. The van der Waals surface area contributed by atoms with Crippen molar-refractivity contribution >= 4 is 5.69 Å². The first kappa shape index (κ1) is 16.3. The number of anilines is 1. The lowest BCUT2D eigenvalue weighted by atomic mass is 9.96. The Morgan fingerprint density at radius 2 is 2.10 bits per heavy atom. The third-order valence-electron chi connectivity index (χ3n) is 4.50. The van der Waals surface area contributed by atoms with Crippen molar-refractivity contribution in [3.63, 3.8) is 0 Å². The van der Waals surface area contributed by atoms with E-state index in [0.717, 1.165) is 43.3 Å². The van der Waals surface area contributed by atoms with Crippen LogP contribution in [-0.4, -0.2) is 19.6 Å². The molecule has 1 aliphatic heterocycles. The standard InChI is InChI=1S/C18H29FN2/c1-3-7-15-8-6-12-21(13-11-15)18-16(14-20-4-2)9-5-10-17(18)19/h5,9-10,15,20H,3-4,6-8,11-14H2,1-2H3. The Labute approximate surface area is 128 Å². The highest BCUT2D eigenvalue weighted by Gasteiger charge is 2.20. The highest BCUT2D eigenvalue weighted by atomic mass is 19.1. The Balaban J connectivity index is 2.12. The van der Waals surface area contributed by atoms with Gasteiger partial charge in [0.15, 0.2) is 0 Å². The maximum atomic E-state index is 14.4. The number of halogens is 1. The molecule has 0 aliphatic carbocycles. The quantitative estimate of drug-likeness (QED) is 0.839. The Morgan fingerprint density at radius 1 is 1.24 bits per heavy atom. The van der Waals surface area contributed by atoms with E-state index in [1.54, 1.807) is 6.07 Å². The van der Waals surface area contributed by atoms with E-state index >= 15 is 0 Å². The summed E-state index contributed by atoms with van der Waals surface area (Å²) in [5.41, 5.74) is 1.92. The maximum absolute atomic E-state index is 14.4. The van der Waals surface area contributed by atoms with Crippen molar-refractivity contribution in [1.82, 2.24) is 5.32 Å². The molecule has 1 atom stereocenters. The van der Waals surface area contributed by atoms with Crippen molar-refractivity contribution in [3.8, 4) is 0 Å². The normalized spacial score (nSPS) is 19.6. The fourth-order valence-corrected chi connectivity index (χ4v) is 3.40. The van der Waals surface area contributed by atoms with Crippen LogP contribution in [0.25, 0.3) is 0 Å². The fraction of sp³-hybridized carbons (Fsp3) is 0.667. The van der Waals surface area contributed by atoms with Crippen LogP contribution >= 0.6 is 0 Å². The first-order valence-corrected chi connectivity index (χ1v) is 8.49. The summed E-state index contributed by atoms with van der Waals surface area (Å²) in [6.07, 6.45) is 6.25. The summed E-state index contributed by atoms with van der Waals surface area (Å²) in [6.45, 7) is 7.98. The highest BCUT2D eigenvalue weighted by molar-refractivity contribution is 5.55. The molecule has 1 aromatic rings. The van der Waals surface area contributed by atoms with Crippen molar-refractivity contribution in [2.75, 3.05) is 24.5 Å². The zero-order chi connectivity index (χ0) is 15.1. The summed E-state index contributed by atoms with van der Waals surface area (Å²) in [4.78, 5) is 2.28. The number of para-hydroxylation sites is 1. The van der Waals surface area contributed by atoms with Gasteiger partial charge in [0.1, 0.15) is 5.82 Å². The Kier molecular flexibility index (Phi) is 6.50. The maximum Gasteiger partial charge on any atom is 0.146 e. The minimum Gasteiger partial charge on any atom is -0.369 e. The molecule has 0 amide bonds. The molecule has 1 fully saturated rings. The number of rotatable bonds is 6. The van der Waals surface area contributed by atoms with Crippen LogP contribution in [0.2, 0.25) is 0 Å². The molecule has 118 valence electrons. The van der Waals surface area contributed by atoms with Gasteiger partial charge in [0.2, 0.25) is 0 Å². The summed E-state index contributed by atoms with van der Waals surface area (Å²) in [5.74, 6) is 0.753. The molecule has 3 heteroatoms. The third-order valence-corrected chi connectivity index (χ3v) is 4.50. The van der Waals surface area contributed by atoms with Gasteiger partial charge in [-0.15, -0.1) is 0 Å². The van der Waals surface area contributed by atoms with Gasteiger partial charge in [0.05, 0.1) is 5.69 Å². The van der Waals surface area contributed by atoms with Crippen LogP contribution < -0.4 is 10.2 Å². The Hall–Kier alpha value is -1.09. The van der Waals surface area contributed by atoms with Crippen LogP contribution in [0.1, 0.15) is 51.5 Å². The van der Waals surface area contributed by atoms with Crippen LogP contribution in [-0.2, 0) is 6.54 Å². The number of hydrogen-bond donors (Lipinski definition) is 1. The van der Waals surface area contributed by atoms with Gasteiger partial charge in [-0.3, -0.25) is 0 Å². The smallest absolute Gasteiger partial charge is 0.146 e. The van der Waals surface area contributed by atoms with E-state index < -0.39 is 0 Å². The average Bonchev–Trinajstić information content (AvgIpc) is 2.71. The van der Waals surface area contributed by atoms with E-state index in [4.69, 9.17) is 0 Å². The van der Waals surface area contributed by atoms with Crippen LogP contribution in [0.4, 0.5) is 10.1 Å². The van der Waals surface area contributed by atoms with E-state index in [1.807, 2.05) is 6.07 Å². The zero-order valence-corrected chi connectivity index (χ0v) is 13.5. The molecular formula is C18H29FN2. The van der Waals surface area contributed by atoms with Gasteiger partial charge in [-0.2, -0.15) is 0 Å². The molecule has 1 N–H and O–H groups in total. The van der Waals surface area contributed by atoms with Gasteiger partial charge in [-0.25, -0.2) is 4.39 Å². The van der Waals surface area contributed by atoms with Gasteiger partial charge in [0, 0.05) is 19.6 Å². The number of nitrogens with zero attached hydrogens (tertiary/aromatic N) is 1. The van der Waals surface area contributed by atoms with Crippen molar-refractivity contribution in [2.45, 2.75) is 52.5 Å². The monoisotopic (exact) mass is 292 g/mol. The van der Waals surface area contributed by atoms with Crippen molar-refractivity contribution < 1.29 is 4.39 Å². The largest absolute Gasteiger partial charge is 0.369 e. The second-order valence-corrected chi connectivity index (χ2v) is 6.10. The second kappa shape index (κ2) is 8.38. The minimum absolute atomic E-state index is 0.0701. The molecule has 1 unspecified atom stereocenters. The van der Waals surface area contributed by atoms with E-state index in [1.165, 1.54) is 32.1 Å². The van der Waals surface area contributed by atoms with Gasteiger partial charge >= 0.3 is 0 Å². The van der Waals surface area contributed by atoms with E-state index in [-0.39, 0.29) is 5.82 Å². The molecule has 1 aromatic carbocycles. The minimum atomic E-state index is -0.0701. The molecule has 0 bridgehead atoms. The Bertz CT molecular complexity index is 433. The van der Waals surface area contributed by atoms with Gasteiger partial charge < -0.3 is 10.2 Å². The average molecular weight is 292 g/mol. The lowest BCUT2D eigenvalue weighted by Crippen LogP contribution is -2.27. The number of nitrogens with one attached hydrogen (secondary N) is 1. The summed E-state index contributed by atoms with van der Waals surface area (Å²) in [5, 5.41) is 3.32. The summed E-state index contributed by atoms with van der Waals surface area (Å²) in [7, 11) is 0.